The summed E-state index contributed by atoms with van der Waals surface area (Å²) in [5.41, 5.74) is 7.41. The molecule has 0 atom stereocenters. The van der Waals surface area contributed by atoms with E-state index in [2.05, 4.69) is 4.98 Å². The highest BCUT2D eigenvalue weighted by Crippen LogP contribution is 2.26. The smallest absolute Gasteiger partial charge is 0.291 e. The van der Waals surface area contributed by atoms with Gasteiger partial charge >= 0.3 is 0 Å². The number of nitrogens with zero attached hydrogens (tertiary/aromatic N) is 2. The fraction of sp³-hybridized carbons (Fsp3) is 0. The lowest BCUT2D eigenvalue weighted by atomic mass is 10.1. The van der Waals surface area contributed by atoms with Crippen LogP contribution in [0.5, 0.6) is 0 Å². The van der Waals surface area contributed by atoms with Crippen LogP contribution >= 0.6 is 0 Å². The summed E-state index contributed by atoms with van der Waals surface area (Å²) in [4.78, 5) is 27.6. The Morgan fingerprint density at radius 3 is 2.60 bits per heavy atom. The molecule has 0 aliphatic rings. The second kappa shape index (κ2) is 4.62. The number of rotatable bonds is 3. The van der Waals surface area contributed by atoms with Gasteiger partial charge in [0.1, 0.15) is 5.69 Å². The fourth-order valence-corrected chi connectivity index (χ4v) is 2.19. The standard InChI is InChI=1S/C15H11N3O2/c16-15(20)14(19)13-11(12-6-1-3-7-17-12)9-10-5-2-4-8-18(10)13/h1-9H,(H2,16,20). The van der Waals surface area contributed by atoms with Gasteiger partial charge in [0.15, 0.2) is 0 Å². The Labute approximate surface area is 114 Å². The van der Waals surface area contributed by atoms with Crippen molar-refractivity contribution in [3.05, 3.63) is 60.6 Å². The fourth-order valence-electron chi connectivity index (χ4n) is 2.19. The molecular weight excluding hydrogens is 254 g/mol. The average Bonchev–Trinajstić information content (AvgIpc) is 2.86. The molecule has 0 spiro atoms. The van der Waals surface area contributed by atoms with Gasteiger partial charge in [-0.25, -0.2) is 0 Å². The Kier molecular flexibility index (Phi) is 2.80. The molecule has 0 fully saturated rings. The largest absolute Gasteiger partial charge is 0.363 e. The number of hydrogen-bond acceptors (Lipinski definition) is 3. The topological polar surface area (TPSA) is 77.5 Å². The molecule has 1 amide bonds. The van der Waals surface area contributed by atoms with Crippen molar-refractivity contribution in [2.24, 2.45) is 5.73 Å². The molecule has 0 aromatic carbocycles. The van der Waals surface area contributed by atoms with E-state index in [1.165, 1.54) is 0 Å². The van der Waals surface area contributed by atoms with E-state index in [9.17, 15) is 9.59 Å². The van der Waals surface area contributed by atoms with E-state index in [-0.39, 0.29) is 5.69 Å². The molecule has 0 bridgehead atoms. The minimum absolute atomic E-state index is 0.242. The van der Waals surface area contributed by atoms with Gasteiger partial charge in [-0.05, 0) is 30.3 Å². The van der Waals surface area contributed by atoms with Crippen LogP contribution in [0.25, 0.3) is 16.8 Å². The molecule has 2 N–H and O–H groups in total. The van der Waals surface area contributed by atoms with E-state index < -0.39 is 11.7 Å². The number of carbonyl (C=O) groups is 2. The minimum Gasteiger partial charge on any atom is -0.363 e. The quantitative estimate of drug-likeness (QED) is 0.578. The normalized spacial score (nSPS) is 10.6. The van der Waals surface area contributed by atoms with Crippen LogP contribution in [-0.4, -0.2) is 21.1 Å². The number of Topliss-reactive ketones (excluding diaryl/α,β-unsaturated/α-hetero) is 1. The second-order valence-electron chi connectivity index (χ2n) is 4.31. The van der Waals surface area contributed by atoms with Crippen molar-refractivity contribution < 1.29 is 9.59 Å². The number of fused-ring (bicyclic) bond motifs is 1. The maximum Gasteiger partial charge on any atom is 0.291 e. The predicted octanol–water partition coefficient (Wildman–Crippen LogP) is 1.67. The van der Waals surface area contributed by atoms with Gasteiger partial charge in [0, 0.05) is 23.5 Å². The Morgan fingerprint density at radius 2 is 1.90 bits per heavy atom. The van der Waals surface area contributed by atoms with Gasteiger partial charge in [-0.3, -0.25) is 14.6 Å². The molecule has 5 heteroatoms. The van der Waals surface area contributed by atoms with Gasteiger partial charge < -0.3 is 10.1 Å². The maximum absolute atomic E-state index is 12.1. The maximum atomic E-state index is 12.1. The molecule has 0 saturated heterocycles. The van der Waals surface area contributed by atoms with Crippen LogP contribution in [0.15, 0.2) is 54.9 Å². The number of pyridine rings is 2. The molecule has 3 heterocycles. The summed E-state index contributed by atoms with van der Waals surface area (Å²) in [6, 6.07) is 12.7. The van der Waals surface area contributed by atoms with E-state index in [4.69, 9.17) is 5.73 Å². The minimum atomic E-state index is -0.981. The monoisotopic (exact) mass is 265 g/mol. The molecular formula is C15H11N3O2. The van der Waals surface area contributed by atoms with Gasteiger partial charge in [-0.15, -0.1) is 0 Å². The van der Waals surface area contributed by atoms with Crippen LogP contribution in [0, 0.1) is 0 Å². The van der Waals surface area contributed by atoms with E-state index in [0.717, 1.165) is 5.52 Å². The molecule has 5 nitrogen and oxygen atoms in total. The summed E-state index contributed by atoms with van der Waals surface area (Å²) in [5.74, 6) is -1.71. The lowest BCUT2D eigenvalue weighted by Crippen LogP contribution is -2.24. The van der Waals surface area contributed by atoms with Gasteiger partial charge in [0.2, 0.25) is 0 Å². The Balaban J connectivity index is 2.34. The van der Waals surface area contributed by atoms with Gasteiger partial charge in [0.25, 0.3) is 11.7 Å². The lowest BCUT2D eigenvalue weighted by Gasteiger charge is -2.03. The summed E-state index contributed by atoms with van der Waals surface area (Å²) in [5, 5.41) is 0. The zero-order valence-electron chi connectivity index (χ0n) is 10.5. The second-order valence-corrected chi connectivity index (χ2v) is 4.31. The number of ketones is 1. The first-order valence-corrected chi connectivity index (χ1v) is 6.04. The summed E-state index contributed by atoms with van der Waals surface area (Å²) in [7, 11) is 0. The third-order valence-corrected chi connectivity index (χ3v) is 3.06. The highest BCUT2D eigenvalue weighted by Gasteiger charge is 2.22. The van der Waals surface area contributed by atoms with Crippen molar-refractivity contribution in [2.75, 3.05) is 0 Å². The third-order valence-electron chi connectivity index (χ3n) is 3.06. The van der Waals surface area contributed by atoms with Gasteiger partial charge in [-0.1, -0.05) is 12.1 Å². The number of hydrogen-bond donors (Lipinski definition) is 1. The molecule has 3 aromatic heterocycles. The van der Waals surface area contributed by atoms with Crippen LogP contribution in [0.4, 0.5) is 0 Å². The Morgan fingerprint density at radius 1 is 1.10 bits per heavy atom. The molecule has 3 rings (SSSR count). The molecule has 98 valence electrons. The molecule has 3 aromatic rings. The number of amides is 1. The van der Waals surface area contributed by atoms with Crippen molar-refractivity contribution in [1.82, 2.24) is 9.38 Å². The number of aromatic nitrogens is 2. The first kappa shape index (κ1) is 12.1. The summed E-state index contributed by atoms with van der Waals surface area (Å²) >= 11 is 0. The highest BCUT2D eigenvalue weighted by molar-refractivity contribution is 6.43. The summed E-state index contributed by atoms with van der Waals surface area (Å²) in [6.45, 7) is 0. The number of primary amides is 1. The zero-order valence-corrected chi connectivity index (χ0v) is 10.5. The first-order chi connectivity index (χ1) is 9.68. The van der Waals surface area contributed by atoms with E-state index >= 15 is 0 Å². The molecule has 0 saturated carbocycles. The van der Waals surface area contributed by atoms with Crippen LogP contribution < -0.4 is 5.73 Å². The first-order valence-electron chi connectivity index (χ1n) is 6.04. The summed E-state index contributed by atoms with van der Waals surface area (Å²) < 4.78 is 1.65. The Bertz CT molecular complexity index is 806. The Hall–Kier alpha value is -2.95. The SMILES string of the molecule is NC(=O)C(=O)c1c(-c2ccccn2)cc2ccccn12. The van der Waals surface area contributed by atoms with Crippen molar-refractivity contribution in [3.8, 4) is 11.3 Å². The average molecular weight is 265 g/mol. The van der Waals surface area contributed by atoms with Crippen LogP contribution in [0.3, 0.4) is 0 Å². The van der Waals surface area contributed by atoms with Gasteiger partial charge in [0.05, 0.1) is 5.69 Å². The number of nitrogens with two attached hydrogens (primary N) is 1. The molecule has 0 aliphatic carbocycles. The van der Waals surface area contributed by atoms with Crippen LogP contribution in [0.2, 0.25) is 0 Å². The molecule has 0 radical (unpaired) electrons. The molecule has 0 unspecified atom stereocenters. The molecule has 20 heavy (non-hydrogen) atoms. The van der Waals surface area contributed by atoms with Crippen molar-refractivity contribution >= 4 is 17.2 Å². The van der Waals surface area contributed by atoms with Crippen LogP contribution in [0.1, 0.15) is 10.5 Å². The van der Waals surface area contributed by atoms with Gasteiger partial charge in [-0.2, -0.15) is 0 Å². The third kappa shape index (κ3) is 1.85. The van der Waals surface area contributed by atoms with Crippen molar-refractivity contribution in [1.29, 1.82) is 0 Å². The highest BCUT2D eigenvalue weighted by atomic mass is 16.2. The van der Waals surface area contributed by atoms with Crippen LogP contribution in [-0.2, 0) is 4.79 Å². The zero-order chi connectivity index (χ0) is 14.1. The van der Waals surface area contributed by atoms with E-state index in [0.29, 0.717) is 11.3 Å². The number of carbonyl (C=O) groups excluding carboxylic acids is 2. The van der Waals surface area contributed by atoms with Crippen molar-refractivity contribution in [3.63, 3.8) is 0 Å². The van der Waals surface area contributed by atoms with E-state index in [1.54, 1.807) is 35.0 Å². The van der Waals surface area contributed by atoms with Crippen molar-refractivity contribution in [2.45, 2.75) is 0 Å². The summed E-state index contributed by atoms with van der Waals surface area (Å²) in [6.07, 6.45) is 3.36. The lowest BCUT2D eigenvalue weighted by molar-refractivity contribution is -0.114. The predicted molar refractivity (Wildman–Crippen MR) is 74.2 cm³/mol. The molecule has 0 aliphatic heterocycles. The van der Waals surface area contributed by atoms with E-state index in [1.807, 2.05) is 24.3 Å².